The smallest absolute Gasteiger partial charge is 0.238 e. The van der Waals surface area contributed by atoms with Crippen molar-refractivity contribution in [1.29, 1.82) is 0 Å². The lowest BCUT2D eigenvalue weighted by Crippen LogP contribution is -2.29. The minimum atomic E-state index is -0.0159. The van der Waals surface area contributed by atoms with E-state index in [-0.39, 0.29) is 5.91 Å². The van der Waals surface area contributed by atoms with Gasteiger partial charge in [0.15, 0.2) is 0 Å². The zero-order valence-corrected chi connectivity index (χ0v) is 14.9. The molecule has 2 N–H and O–H groups in total. The molecule has 2 aromatic rings. The molecule has 25 heavy (non-hydrogen) atoms. The van der Waals surface area contributed by atoms with Crippen molar-refractivity contribution >= 4 is 17.3 Å². The summed E-state index contributed by atoms with van der Waals surface area (Å²) < 4.78 is 0. The topological polar surface area (TPSA) is 44.4 Å². The van der Waals surface area contributed by atoms with Gasteiger partial charge in [-0.1, -0.05) is 29.8 Å². The first-order chi connectivity index (χ1) is 12.2. The zero-order valence-electron chi connectivity index (χ0n) is 14.9. The van der Waals surface area contributed by atoms with Crippen molar-refractivity contribution in [2.45, 2.75) is 32.7 Å². The van der Waals surface area contributed by atoms with E-state index < -0.39 is 0 Å². The van der Waals surface area contributed by atoms with Crippen molar-refractivity contribution in [3.8, 4) is 0 Å². The molecule has 4 nitrogen and oxygen atoms in total. The van der Waals surface area contributed by atoms with Crippen LogP contribution in [0.5, 0.6) is 0 Å². The van der Waals surface area contributed by atoms with E-state index in [4.69, 9.17) is 0 Å². The van der Waals surface area contributed by atoms with Gasteiger partial charge in [0.05, 0.1) is 6.54 Å². The SMILES string of the molecule is Cc1ccc(CNCC(=O)Nc2ccc(N3CCCCC3)cc2)cc1. The van der Waals surface area contributed by atoms with Gasteiger partial charge in [0.2, 0.25) is 5.91 Å². The summed E-state index contributed by atoms with van der Waals surface area (Å²) in [5.74, 6) is -0.0159. The summed E-state index contributed by atoms with van der Waals surface area (Å²) in [4.78, 5) is 14.5. The third-order valence-electron chi connectivity index (χ3n) is 4.61. The highest BCUT2D eigenvalue weighted by atomic mass is 16.1. The number of carbonyl (C=O) groups excluding carboxylic acids is 1. The van der Waals surface area contributed by atoms with Gasteiger partial charge in [0, 0.05) is 31.0 Å². The molecule has 0 aliphatic carbocycles. The Bertz CT molecular complexity index is 673. The van der Waals surface area contributed by atoms with E-state index in [9.17, 15) is 4.79 Å². The number of anilines is 2. The Morgan fingerprint density at radius 3 is 2.32 bits per heavy atom. The van der Waals surface area contributed by atoms with Gasteiger partial charge in [-0.2, -0.15) is 0 Å². The Balaban J connectivity index is 1.43. The van der Waals surface area contributed by atoms with E-state index in [0.29, 0.717) is 13.1 Å². The lowest BCUT2D eigenvalue weighted by Gasteiger charge is -2.28. The standard InChI is InChI=1S/C21H27N3O/c1-17-5-7-18(8-6-17)15-22-16-21(25)23-19-9-11-20(12-10-19)24-13-3-2-4-14-24/h5-12,22H,2-4,13-16H2,1H3,(H,23,25). The molecule has 0 unspecified atom stereocenters. The van der Waals surface area contributed by atoms with Crippen LogP contribution in [0.25, 0.3) is 0 Å². The van der Waals surface area contributed by atoms with Crippen LogP contribution < -0.4 is 15.5 Å². The number of benzene rings is 2. The van der Waals surface area contributed by atoms with E-state index in [2.05, 4.69) is 58.9 Å². The van der Waals surface area contributed by atoms with E-state index in [1.807, 2.05) is 12.1 Å². The second-order valence-electron chi connectivity index (χ2n) is 6.73. The van der Waals surface area contributed by atoms with Gasteiger partial charge < -0.3 is 15.5 Å². The maximum absolute atomic E-state index is 12.1. The summed E-state index contributed by atoms with van der Waals surface area (Å²) in [5.41, 5.74) is 4.52. The highest BCUT2D eigenvalue weighted by Gasteiger charge is 2.10. The van der Waals surface area contributed by atoms with Crippen LogP contribution in [-0.4, -0.2) is 25.5 Å². The third kappa shape index (κ3) is 5.33. The predicted molar refractivity (Wildman–Crippen MR) is 104 cm³/mol. The van der Waals surface area contributed by atoms with Crippen molar-refractivity contribution in [3.63, 3.8) is 0 Å². The van der Waals surface area contributed by atoms with Crippen LogP contribution in [0, 0.1) is 6.92 Å². The maximum Gasteiger partial charge on any atom is 0.238 e. The summed E-state index contributed by atoms with van der Waals surface area (Å²) in [5, 5.41) is 6.13. The number of aryl methyl sites for hydroxylation is 1. The normalized spacial score (nSPS) is 14.4. The van der Waals surface area contributed by atoms with Crippen molar-refractivity contribution < 1.29 is 4.79 Å². The van der Waals surface area contributed by atoms with Gasteiger partial charge in [-0.3, -0.25) is 4.79 Å². The summed E-state index contributed by atoms with van der Waals surface area (Å²) in [6.07, 6.45) is 3.87. The Morgan fingerprint density at radius 1 is 0.960 bits per heavy atom. The van der Waals surface area contributed by atoms with E-state index >= 15 is 0 Å². The number of carbonyl (C=O) groups is 1. The molecule has 0 spiro atoms. The molecule has 2 aromatic carbocycles. The third-order valence-corrected chi connectivity index (χ3v) is 4.61. The second-order valence-corrected chi connectivity index (χ2v) is 6.73. The van der Waals surface area contributed by atoms with E-state index in [0.717, 1.165) is 18.8 Å². The van der Waals surface area contributed by atoms with Gasteiger partial charge in [-0.25, -0.2) is 0 Å². The summed E-state index contributed by atoms with van der Waals surface area (Å²) >= 11 is 0. The summed E-state index contributed by atoms with van der Waals surface area (Å²) in [6.45, 7) is 5.34. The molecule has 1 saturated heterocycles. The van der Waals surface area contributed by atoms with Crippen molar-refractivity contribution in [2.24, 2.45) is 0 Å². The Morgan fingerprint density at radius 2 is 1.64 bits per heavy atom. The molecule has 0 bridgehead atoms. The molecule has 0 saturated carbocycles. The first kappa shape index (κ1) is 17.5. The van der Waals surface area contributed by atoms with Crippen LogP contribution >= 0.6 is 0 Å². The number of rotatable bonds is 6. The summed E-state index contributed by atoms with van der Waals surface area (Å²) in [7, 11) is 0. The highest BCUT2D eigenvalue weighted by molar-refractivity contribution is 5.92. The molecular weight excluding hydrogens is 310 g/mol. The van der Waals surface area contributed by atoms with Crippen LogP contribution in [0.1, 0.15) is 30.4 Å². The van der Waals surface area contributed by atoms with Gasteiger partial charge in [0.1, 0.15) is 0 Å². The van der Waals surface area contributed by atoms with E-state index in [1.54, 1.807) is 0 Å². The van der Waals surface area contributed by atoms with Crippen LogP contribution in [0.2, 0.25) is 0 Å². The molecule has 1 aliphatic heterocycles. The fourth-order valence-corrected chi connectivity index (χ4v) is 3.14. The highest BCUT2D eigenvalue weighted by Crippen LogP contribution is 2.21. The lowest BCUT2D eigenvalue weighted by molar-refractivity contribution is -0.115. The largest absolute Gasteiger partial charge is 0.372 e. The average molecular weight is 337 g/mol. The molecule has 0 aromatic heterocycles. The molecule has 3 rings (SSSR count). The first-order valence-electron chi connectivity index (χ1n) is 9.12. The molecule has 1 fully saturated rings. The number of nitrogens with zero attached hydrogens (tertiary/aromatic N) is 1. The quantitative estimate of drug-likeness (QED) is 0.844. The monoisotopic (exact) mass is 337 g/mol. The van der Waals surface area contributed by atoms with Gasteiger partial charge >= 0.3 is 0 Å². The average Bonchev–Trinajstić information content (AvgIpc) is 2.65. The van der Waals surface area contributed by atoms with Crippen molar-refractivity contribution in [2.75, 3.05) is 29.9 Å². The van der Waals surface area contributed by atoms with Crippen LogP contribution in [0.15, 0.2) is 48.5 Å². The zero-order chi connectivity index (χ0) is 17.5. The van der Waals surface area contributed by atoms with Crippen LogP contribution in [0.3, 0.4) is 0 Å². The van der Waals surface area contributed by atoms with E-state index in [1.165, 1.54) is 36.1 Å². The van der Waals surface area contributed by atoms with Crippen molar-refractivity contribution in [3.05, 3.63) is 59.7 Å². The molecule has 4 heteroatoms. The Kier molecular flexibility index (Phi) is 6.07. The molecule has 1 amide bonds. The Hall–Kier alpha value is -2.33. The number of nitrogens with one attached hydrogen (secondary N) is 2. The Labute approximate surface area is 150 Å². The molecular formula is C21H27N3O. The summed E-state index contributed by atoms with van der Waals surface area (Å²) in [6, 6.07) is 16.5. The van der Waals surface area contributed by atoms with Gasteiger partial charge in [0.25, 0.3) is 0 Å². The number of hydrogen-bond acceptors (Lipinski definition) is 3. The molecule has 0 radical (unpaired) electrons. The number of amides is 1. The maximum atomic E-state index is 12.1. The van der Waals surface area contributed by atoms with Gasteiger partial charge in [-0.15, -0.1) is 0 Å². The number of piperidine rings is 1. The van der Waals surface area contributed by atoms with Crippen molar-refractivity contribution in [1.82, 2.24) is 5.32 Å². The molecule has 1 heterocycles. The van der Waals surface area contributed by atoms with Crippen LogP contribution in [0.4, 0.5) is 11.4 Å². The fraction of sp³-hybridized carbons (Fsp3) is 0.381. The fourth-order valence-electron chi connectivity index (χ4n) is 3.14. The number of hydrogen-bond donors (Lipinski definition) is 2. The molecule has 1 aliphatic rings. The minimum Gasteiger partial charge on any atom is -0.372 e. The minimum absolute atomic E-state index is 0.0159. The predicted octanol–water partition coefficient (Wildman–Crippen LogP) is 3.71. The van der Waals surface area contributed by atoms with Gasteiger partial charge in [-0.05, 0) is 56.0 Å². The first-order valence-corrected chi connectivity index (χ1v) is 9.12. The van der Waals surface area contributed by atoms with Crippen LogP contribution in [-0.2, 0) is 11.3 Å². The second kappa shape index (κ2) is 8.67. The lowest BCUT2D eigenvalue weighted by atomic mass is 10.1. The molecule has 132 valence electrons. The molecule has 0 atom stereocenters.